The molecule has 3 rings (SSSR count). The Morgan fingerprint density at radius 1 is 1.12 bits per heavy atom. The van der Waals surface area contributed by atoms with Crippen LogP contribution in [0.3, 0.4) is 0 Å². The molecule has 0 aliphatic carbocycles. The van der Waals surface area contributed by atoms with Crippen LogP contribution >= 0.6 is 0 Å². The van der Waals surface area contributed by atoms with Crippen molar-refractivity contribution in [2.24, 2.45) is 0 Å². The first-order chi connectivity index (χ1) is 11.5. The predicted molar refractivity (Wildman–Crippen MR) is 90.7 cm³/mol. The minimum absolute atomic E-state index is 0.148. The van der Waals surface area contributed by atoms with Gasteiger partial charge in [-0.1, -0.05) is 18.2 Å². The van der Waals surface area contributed by atoms with Gasteiger partial charge < -0.3 is 9.84 Å². The number of ether oxygens (including phenoxy) is 1. The smallest absolute Gasteiger partial charge is 0.307 e. The number of aromatic nitrogens is 1. The molecule has 1 N–H and O–H groups in total. The molecule has 0 saturated heterocycles. The van der Waals surface area contributed by atoms with Crippen molar-refractivity contribution >= 4 is 22.8 Å². The molecule has 0 unspecified atom stereocenters. The summed E-state index contributed by atoms with van der Waals surface area (Å²) in [6.45, 7) is 1.77. The first kappa shape index (κ1) is 15.8. The third-order valence-corrected chi connectivity index (χ3v) is 4.09. The second-order valence-corrected chi connectivity index (χ2v) is 5.52. The first-order valence-electron chi connectivity index (χ1n) is 7.52. The van der Waals surface area contributed by atoms with Gasteiger partial charge in [-0.2, -0.15) is 0 Å². The van der Waals surface area contributed by atoms with E-state index in [0.29, 0.717) is 28.1 Å². The lowest BCUT2D eigenvalue weighted by molar-refractivity contribution is -0.136. The SMILES string of the molecule is COc1ccc2c(c1)c(CC(=O)O)c(C)n2C(=O)c1ccccc1. The van der Waals surface area contributed by atoms with Gasteiger partial charge in [0.1, 0.15) is 5.75 Å². The normalized spacial score (nSPS) is 10.8. The molecule has 1 aromatic heterocycles. The van der Waals surface area contributed by atoms with Crippen molar-refractivity contribution in [1.29, 1.82) is 0 Å². The number of fused-ring (bicyclic) bond motifs is 1. The summed E-state index contributed by atoms with van der Waals surface area (Å²) in [5.41, 5.74) is 2.49. The van der Waals surface area contributed by atoms with Crippen LogP contribution in [0.2, 0.25) is 0 Å². The molecule has 0 saturated carbocycles. The van der Waals surface area contributed by atoms with Crippen LogP contribution in [0.25, 0.3) is 10.9 Å². The van der Waals surface area contributed by atoms with Gasteiger partial charge in [-0.25, -0.2) is 0 Å². The van der Waals surface area contributed by atoms with Crippen molar-refractivity contribution in [3.8, 4) is 5.75 Å². The Hall–Kier alpha value is -3.08. The van der Waals surface area contributed by atoms with E-state index in [0.717, 1.165) is 5.39 Å². The molecule has 24 heavy (non-hydrogen) atoms. The van der Waals surface area contributed by atoms with Crippen molar-refractivity contribution < 1.29 is 19.4 Å². The fraction of sp³-hybridized carbons (Fsp3) is 0.158. The molecular weight excluding hydrogens is 306 g/mol. The standard InChI is InChI=1S/C19H17NO4/c1-12-15(11-18(21)22)16-10-14(24-2)8-9-17(16)20(12)19(23)13-6-4-3-5-7-13/h3-10H,11H2,1-2H3,(H,21,22). The van der Waals surface area contributed by atoms with Crippen LogP contribution in [-0.2, 0) is 11.2 Å². The lowest BCUT2D eigenvalue weighted by atomic mass is 10.1. The molecule has 0 amide bonds. The van der Waals surface area contributed by atoms with E-state index in [2.05, 4.69) is 0 Å². The van der Waals surface area contributed by atoms with Crippen LogP contribution < -0.4 is 4.74 Å². The second kappa shape index (κ2) is 6.20. The molecule has 0 aliphatic rings. The van der Waals surface area contributed by atoms with Crippen LogP contribution in [0.15, 0.2) is 48.5 Å². The van der Waals surface area contributed by atoms with Gasteiger partial charge >= 0.3 is 5.97 Å². The fourth-order valence-electron chi connectivity index (χ4n) is 2.94. The van der Waals surface area contributed by atoms with E-state index in [-0.39, 0.29) is 12.3 Å². The molecule has 5 heteroatoms. The van der Waals surface area contributed by atoms with Gasteiger partial charge in [-0.05, 0) is 42.8 Å². The first-order valence-corrected chi connectivity index (χ1v) is 7.52. The number of benzene rings is 2. The molecule has 1 heterocycles. The molecule has 2 aromatic carbocycles. The Morgan fingerprint density at radius 3 is 2.46 bits per heavy atom. The van der Waals surface area contributed by atoms with E-state index in [1.807, 2.05) is 6.07 Å². The van der Waals surface area contributed by atoms with Gasteiger partial charge in [0.2, 0.25) is 0 Å². The van der Waals surface area contributed by atoms with E-state index < -0.39 is 5.97 Å². The lowest BCUT2D eigenvalue weighted by Crippen LogP contribution is -2.14. The molecule has 0 spiro atoms. The van der Waals surface area contributed by atoms with Crippen molar-refractivity contribution in [3.05, 3.63) is 65.4 Å². The van der Waals surface area contributed by atoms with Crippen molar-refractivity contribution in [2.45, 2.75) is 13.3 Å². The fourth-order valence-corrected chi connectivity index (χ4v) is 2.94. The molecule has 0 radical (unpaired) electrons. The van der Waals surface area contributed by atoms with Gasteiger partial charge in [0.05, 0.1) is 19.0 Å². The molecule has 5 nitrogen and oxygen atoms in total. The topological polar surface area (TPSA) is 68.5 Å². The number of nitrogens with zero attached hydrogens (tertiary/aromatic N) is 1. The Labute approximate surface area is 139 Å². The largest absolute Gasteiger partial charge is 0.497 e. The summed E-state index contributed by atoms with van der Waals surface area (Å²) in [5, 5.41) is 9.94. The van der Waals surface area contributed by atoms with Crippen molar-refractivity contribution in [1.82, 2.24) is 4.57 Å². The van der Waals surface area contributed by atoms with E-state index in [4.69, 9.17) is 4.74 Å². The predicted octanol–water partition coefficient (Wildman–Crippen LogP) is 3.27. The maximum Gasteiger partial charge on any atom is 0.307 e. The van der Waals surface area contributed by atoms with Crippen LogP contribution in [-0.4, -0.2) is 28.7 Å². The van der Waals surface area contributed by atoms with E-state index >= 15 is 0 Å². The zero-order valence-electron chi connectivity index (χ0n) is 13.4. The maximum atomic E-state index is 12.9. The highest BCUT2D eigenvalue weighted by Gasteiger charge is 2.21. The van der Waals surface area contributed by atoms with Crippen LogP contribution in [0.4, 0.5) is 0 Å². The number of hydrogen-bond acceptors (Lipinski definition) is 3. The molecule has 0 bridgehead atoms. The maximum absolute atomic E-state index is 12.9. The molecule has 0 fully saturated rings. The number of carbonyl (C=O) groups excluding carboxylic acids is 1. The lowest BCUT2D eigenvalue weighted by Gasteiger charge is -2.07. The average molecular weight is 323 g/mol. The average Bonchev–Trinajstić information content (AvgIpc) is 2.86. The summed E-state index contributed by atoms with van der Waals surface area (Å²) >= 11 is 0. The summed E-state index contributed by atoms with van der Waals surface area (Å²) in [5.74, 6) is -0.495. The quantitative estimate of drug-likeness (QED) is 0.800. The number of carbonyl (C=O) groups is 2. The van der Waals surface area contributed by atoms with Crippen molar-refractivity contribution in [3.63, 3.8) is 0 Å². The molecule has 3 aromatic rings. The summed E-state index contributed by atoms with van der Waals surface area (Å²) in [6.07, 6.45) is -0.148. The van der Waals surface area contributed by atoms with Crippen LogP contribution in [0.1, 0.15) is 21.6 Å². The highest BCUT2D eigenvalue weighted by atomic mass is 16.5. The third kappa shape index (κ3) is 2.65. The van der Waals surface area contributed by atoms with Crippen LogP contribution in [0, 0.1) is 6.92 Å². The van der Waals surface area contributed by atoms with E-state index in [1.165, 1.54) is 0 Å². The van der Waals surface area contributed by atoms with Gasteiger partial charge in [-0.15, -0.1) is 0 Å². The molecule has 122 valence electrons. The minimum Gasteiger partial charge on any atom is -0.497 e. The summed E-state index contributed by atoms with van der Waals surface area (Å²) in [7, 11) is 1.55. The Kier molecular flexibility index (Phi) is 4.08. The number of methoxy groups -OCH3 is 1. The molecule has 0 aliphatic heterocycles. The number of rotatable bonds is 4. The zero-order chi connectivity index (χ0) is 17.3. The van der Waals surface area contributed by atoms with Gasteiger partial charge in [0, 0.05) is 16.6 Å². The monoisotopic (exact) mass is 323 g/mol. The van der Waals surface area contributed by atoms with Gasteiger partial charge in [0.25, 0.3) is 5.91 Å². The summed E-state index contributed by atoms with van der Waals surface area (Å²) in [6, 6.07) is 14.3. The Morgan fingerprint density at radius 2 is 1.83 bits per heavy atom. The molecular formula is C19H17NO4. The summed E-state index contributed by atoms with van der Waals surface area (Å²) < 4.78 is 6.81. The zero-order valence-corrected chi connectivity index (χ0v) is 13.4. The van der Waals surface area contributed by atoms with E-state index in [1.54, 1.807) is 61.1 Å². The Bertz CT molecular complexity index is 925. The minimum atomic E-state index is -0.938. The highest BCUT2D eigenvalue weighted by Crippen LogP contribution is 2.30. The van der Waals surface area contributed by atoms with Crippen molar-refractivity contribution in [2.75, 3.05) is 7.11 Å². The van der Waals surface area contributed by atoms with Crippen LogP contribution in [0.5, 0.6) is 5.75 Å². The third-order valence-electron chi connectivity index (χ3n) is 4.09. The Balaban J connectivity index is 2.26. The van der Waals surface area contributed by atoms with Gasteiger partial charge in [0.15, 0.2) is 0 Å². The summed E-state index contributed by atoms with van der Waals surface area (Å²) in [4.78, 5) is 24.2. The molecule has 0 atom stereocenters. The number of carboxylic acids is 1. The number of aliphatic carboxylic acids is 1. The van der Waals surface area contributed by atoms with Gasteiger partial charge in [-0.3, -0.25) is 14.2 Å². The van der Waals surface area contributed by atoms with E-state index in [9.17, 15) is 14.7 Å². The number of hydrogen-bond donors (Lipinski definition) is 1. The number of carboxylic acid groups (broad SMARTS) is 1. The second-order valence-electron chi connectivity index (χ2n) is 5.52. The highest BCUT2D eigenvalue weighted by molar-refractivity contribution is 6.04.